The minimum Gasteiger partial charge on any atom is -0.379 e. The lowest BCUT2D eigenvalue weighted by atomic mass is 10.0. The maximum atomic E-state index is 5.52. The fraction of sp³-hybridized carbons (Fsp3) is 1.00. The smallest absolute Gasteiger partial charge is 0.0620 e. The molecule has 0 saturated carbocycles. The lowest BCUT2D eigenvalue weighted by molar-refractivity contribution is 0.0700. The molecule has 0 amide bonds. The van der Waals surface area contributed by atoms with Gasteiger partial charge in [-0.15, -0.1) is 0 Å². The maximum absolute atomic E-state index is 5.52. The zero-order valence-electron chi connectivity index (χ0n) is 12.7. The second-order valence-corrected chi connectivity index (χ2v) is 6.15. The molecule has 2 fully saturated rings. The van der Waals surface area contributed by atoms with Gasteiger partial charge in [0.15, 0.2) is 0 Å². The number of morpholine rings is 1. The first kappa shape index (κ1) is 15.2. The van der Waals surface area contributed by atoms with Crippen LogP contribution in [0.15, 0.2) is 0 Å². The van der Waals surface area contributed by atoms with Crippen molar-refractivity contribution in [1.82, 2.24) is 15.5 Å². The number of hydrogen-bond acceptors (Lipinski definition) is 4. The highest BCUT2D eigenvalue weighted by atomic mass is 16.5. The standard InChI is InChI=1S/C15H31N3O/c1-3-7-18-8-4-14(5-9-18)17-13(2)11-15-12-19-10-6-16-15/h13-17H,3-12H2,1-2H3. The second kappa shape index (κ2) is 8.20. The fourth-order valence-corrected chi connectivity index (χ4v) is 3.31. The van der Waals surface area contributed by atoms with Crippen molar-refractivity contribution in [3.8, 4) is 0 Å². The van der Waals surface area contributed by atoms with Crippen LogP contribution in [-0.4, -0.2) is 62.4 Å². The topological polar surface area (TPSA) is 36.5 Å². The van der Waals surface area contributed by atoms with Gasteiger partial charge < -0.3 is 20.3 Å². The van der Waals surface area contributed by atoms with E-state index in [0.717, 1.165) is 19.8 Å². The number of nitrogens with zero attached hydrogens (tertiary/aromatic N) is 1. The Morgan fingerprint density at radius 1 is 1.37 bits per heavy atom. The molecule has 0 bridgehead atoms. The molecule has 2 rings (SSSR count). The SMILES string of the molecule is CCCN1CCC(NC(C)CC2COCCN2)CC1. The normalized spacial score (nSPS) is 28.4. The molecule has 0 spiro atoms. The van der Waals surface area contributed by atoms with Gasteiger partial charge in [0.2, 0.25) is 0 Å². The molecular formula is C15H31N3O. The molecule has 0 aromatic rings. The maximum Gasteiger partial charge on any atom is 0.0620 e. The highest BCUT2D eigenvalue weighted by Gasteiger charge is 2.22. The van der Waals surface area contributed by atoms with E-state index >= 15 is 0 Å². The summed E-state index contributed by atoms with van der Waals surface area (Å²) >= 11 is 0. The van der Waals surface area contributed by atoms with E-state index in [4.69, 9.17) is 4.74 Å². The molecule has 0 aliphatic carbocycles. The molecule has 2 aliphatic heterocycles. The number of rotatable bonds is 6. The van der Waals surface area contributed by atoms with E-state index < -0.39 is 0 Å². The number of ether oxygens (including phenoxy) is 1. The molecule has 2 heterocycles. The Bertz CT molecular complexity index is 236. The van der Waals surface area contributed by atoms with Crippen molar-refractivity contribution in [3.05, 3.63) is 0 Å². The van der Waals surface area contributed by atoms with Gasteiger partial charge in [0.1, 0.15) is 0 Å². The van der Waals surface area contributed by atoms with Gasteiger partial charge in [-0.1, -0.05) is 6.92 Å². The Labute approximate surface area is 118 Å². The van der Waals surface area contributed by atoms with Crippen LogP contribution in [-0.2, 0) is 4.74 Å². The van der Waals surface area contributed by atoms with Crippen LogP contribution in [0.1, 0.15) is 39.5 Å². The predicted octanol–water partition coefficient (Wildman–Crippen LogP) is 1.22. The van der Waals surface area contributed by atoms with Gasteiger partial charge in [-0.25, -0.2) is 0 Å². The molecule has 2 saturated heterocycles. The minimum atomic E-state index is 0.538. The number of likely N-dealkylation sites (tertiary alicyclic amines) is 1. The average molecular weight is 269 g/mol. The second-order valence-electron chi connectivity index (χ2n) is 6.15. The average Bonchev–Trinajstić information content (AvgIpc) is 2.42. The van der Waals surface area contributed by atoms with Gasteiger partial charge in [-0.05, 0) is 52.2 Å². The van der Waals surface area contributed by atoms with E-state index in [1.165, 1.54) is 45.3 Å². The number of nitrogens with one attached hydrogen (secondary N) is 2. The summed E-state index contributed by atoms with van der Waals surface area (Å²) in [5.74, 6) is 0. The van der Waals surface area contributed by atoms with Crippen molar-refractivity contribution in [2.24, 2.45) is 0 Å². The molecular weight excluding hydrogens is 238 g/mol. The summed E-state index contributed by atoms with van der Waals surface area (Å²) < 4.78 is 5.52. The van der Waals surface area contributed by atoms with Crippen LogP contribution < -0.4 is 10.6 Å². The zero-order chi connectivity index (χ0) is 13.5. The first-order valence-electron chi connectivity index (χ1n) is 8.07. The third kappa shape index (κ3) is 5.38. The summed E-state index contributed by atoms with van der Waals surface area (Å²) in [5.41, 5.74) is 0. The van der Waals surface area contributed by atoms with Crippen molar-refractivity contribution in [2.75, 3.05) is 39.4 Å². The van der Waals surface area contributed by atoms with Gasteiger partial charge in [-0.2, -0.15) is 0 Å². The van der Waals surface area contributed by atoms with E-state index in [1.807, 2.05) is 0 Å². The zero-order valence-corrected chi connectivity index (χ0v) is 12.7. The van der Waals surface area contributed by atoms with Gasteiger partial charge in [-0.3, -0.25) is 0 Å². The summed E-state index contributed by atoms with van der Waals surface area (Å²) in [7, 11) is 0. The number of piperidine rings is 1. The molecule has 112 valence electrons. The first-order chi connectivity index (χ1) is 9.28. The van der Waals surface area contributed by atoms with E-state index in [9.17, 15) is 0 Å². The largest absolute Gasteiger partial charge is 0.379 e. The molecule has 19 heavy (non-hydrogen) atoms. The monoisotopic (exact) mass is 269 g/mol. The van der Waals surface area contributed by atoms with Crippen LogP contribution in [0.25, 0.3) is 0 Å². The van der Waals surface area contributed by atoms with Crippen LogP contribution in [0.2, 0.25) is 0 Å². The van der Waals surface area contributed by atoms with Crippen LogP contribution in [0.3, 0.4) is 0 Å². The Morgan fingerprint density at radius 2 is 2.16 bits per heavy atom. The third-order valence-corrected chi connectivity index (χ3v) is 4.28. The van der Waals surface area contributed by atoms with Crippen LogP contribution in [0.4, 0.5) is 0 Å². The van der Waals surface area contributed by atoms with Gasteiger partial charge >= 0.3 is 0 Å². The molecule has 2 aliphatic rings. The first-order valence-corrected chi connectivity index (χ1v) is 8.07. The van der Waals surface area contributed by atoms with E-state index in [-0.39, 0.29) is 0 Å². The molecule has 0 aromatic heterocycles. The Balaban J connectivity index is 1.61. The van der Waals surface area contributed by atoms with Crippen molar-refractivity contribution >= 4 is 0 Å². The van der Waals surface area contributed by atoms with Crippen LogP contribution >= 0.6 is 0 Å². The molecule has 2 atom stereocenters. The van der Waals surface area contributed by atoms with E-state index in [1.54, 1.807) is 0 Å². The van der Waals surface area contributed by atoms with E-state index in [0.29, 0.717) is 18.1 Å². The highest BCUT2D eigenvalue weighted by molar-refractivity contribution is 4.82. The molecule has 2 unspecified atom stereocenters. The lowest BCUT2D eigenvalue weighted by Crippen LogP contribution is -2.49. The Kier molecular flexibility index (Phi) is 6.57. The van der Waals surface area contributed by atoms with Gasteiger partial charge in [0.05, 0.1) is 13.2 Å². The minimum absolute atomic E-state index is 0.538. The van der Waals surface area contributed by atoms with Gasteiger partial charge in [0.25, 0.3) is 0 Å². The molecule has 4 nitrogen and oxygen atoms in total. The Morgan fingerprint density at radius 3 is 2.79 bits per heavy atom. The Hall–Kier alpha value is -0.160. The summed E-state index contributed by atoms with van der Waals surface area (Å²) in [6.07, 6.45) is 5.06. The van der Waals surface area contributed by atoms with Crippen molar-refractivity contribution in [2.45, 2.75) is 57.7 Å². The highest BCUT2D eigenvalue weighted by Crippen LogP contribution is 2.12. The molecule has 2 N–H and O–H groups in total. The van der Waals surface area contributed by atoms with Gasteiger partial charge in [0, 0.05) is 24.7 Å². The summed E-state index contributed by atoms with van der Waals surface area (Å²) in [6, 6.07) is 1.84. The van der Waals surface area contributed by atoms with Crippen molar-refractivity contribution < 1.29 is 4.74 Å². The van der Waals surface area contributed by atoms with Crippen molar-refractivity contribution in [3.63, 3.8) is 0 Å². The van der Waals surface area contributed by atoms with Crippen molar-refractivity contribution in [1.29, 1.82) is 0 Å². The summed E-state index contributed by atoms with van der Waals surface area (Å²) in [6.45, 7) is 11.1. The summed E-state index contributed by atoms with van der Waals surface area (Å²) in [5, 5.41) is 7.34. The van der Waals surface area contributed by atoms with Crippen LogP contribution in [0.5, 0.6) is 0 Å². The predicted molar refractivity (Wildman–Crippen MR) is 79.6 cm³/mol. The molecule has 0 aromatic carbocycles. The fourth-order valence-electron chi connectivity index (χ4n) is 3.31. The molecule has 0 radical (unpaired) electrons. The van der Waals surface area contributed by atoms with Crippen LogP contribution in [0, 0.1) is 0 Å². The lowest BCUT2D eigenvalue weighted by Gasteiger charge is -2.35. The third-order valence-electron chi connectivity index (χ3n) is 4.28. The summed E-state index contributed by atoms with van der Waals surface area (Å²) in [4.78, 5) is 2.60. The number of hydrogen-bond donors (Lipinski definition) is 2. The molecule has 4 heteroatoms. The quantitative estimate of drug-likeness (QED) is 0.760. The van der Waals surface area contributed by atoms with E-state index in [2.05, 4.69) is 29.4 Å².